The molecule has 0 saturated carbocycles. The van der Waals surface area contributed by atoms with E-state index in [0.717, 1.165) is 35.3 Å². The first kappa shape index (κ1) is 23.1. The highest BCUT2D eigenvalue weighted by atomic mass is 35.5. The first-order valence-corrected chi connectivity index (χ1v) is 11.3. The third-order valence-electron chi connectivity index (χ3n) is 5.56. The van der Waals surface area contributed by atoms with E-state index in [0.29, 0.717) is 23.9 Å². The number of benzene rings is 3. The molecule has 0 saturated heterocycles. The Morgan fingerprint density at radius 3 is 2.55 bits per heavy atom. The molecule has 0 radical (unpaired) electrons. The molecule has 1 unspecified atom stereocenters. The average Bonchev–Trinajstić information content (AvgIpc) is 2.83. The largest absolute Gasteiger partial charge is 0.491 e. The number of ether oxygens (including phenoxy) is 2. The van der Waals surface area contributed by atoms with Crippen LogP contribution in [-0.2, 0) is 6.42 Å². The molecule has 0 bridgehead atoms. The SMILES string of the molecule is O=C(O)c1ccc(-c2ccc3c(c2)CC[C@H](CNCC(O)COc2ccc(Cl)cc2)O3)cc1. The summed E-state index contributed by atoms with van der Waals surface area (Å²) in [6, 6.07) is 20.0. The van der Waals surface area contributed by atoms with E-state index in [1.807, 2.05) is 24.3 Å². The van der Waals surface area contributed by atoms with Crippen molar-refractivity contribution in [2.75, 3.05) is 19.7 Å². The predicted octanol–water partition coefficient (Wildman–Crippen LogP) is 4.43. The number of aromatic carboxylic acids is 1. The molecule has 1 aliphatic heterocycles. The zero-order valence-corrected chi connectivity index (χ0v) is 18.8. The van der Waals surface area contributed by atoms with Crippen molar-refractivity contribution in [3.05, 3.63) is 82.9 Å². The molecule has 3 aromatic rings. The van der Waals surface area contributed by atoms with E-state index in [9.17, 15) is 9.90 Å². The van der Waals surface area contributed by atoms with Crippen molar-refractivity contribution in [3.63, 3.8) is 0 Å². The van der Waals surface area contributed by atoms with Gasteiger partial charge >= 0.3 is 5.97 Å². The highest BCUT2D eigenvalue weighted by Crippen LogP contribution is 2.32. The van der Waals surface area contributed by atoms with Crippen LogP contribution in [0.4, 0.5) is 0 Å². The van der Waals surface area contributed by atoms with E-state index in [-0.39, 0.29) is 18.3 Å². The Labute approximate surface area is 197 Å². The third kappa shape index (κ3) is 6.26. The molecule has 1 heterocycles. The molecular formula is C26H26ClNO5. The van der Waals surface area contributed by atoms with Gasteiger partial charge in [-0.25, -0.2) is 4.79 Å². The van der Waals surface area contributed by atoms with Gasteiger partial charge in [0.2, 0.25) is 0 Å². The lowest BCUT2D eigenvalue weighted by Crippen LogP contribution is -2.39. The van der Waals surface area contributed by atoms with Crippen molar-refractivity contribution < 1.29 is 24.5 Å². The molecule has 3 aromatic carbocycles. The Balaban J connectivity index is 1.24. The molecule has 3 N–H and O–H groups in total. The minimum Gasteiger partial charge on any atom is -0.491 e. The number of aryl methyl sites for hydroxylation is 1. The van der Waals surface area contributed by atoms with Gasteiger partial charge in [-0.2, -0.15) is 0 Å². The summed E-state index contributed by atoms with van der Waals surface area (Å²) in [4.78, 5) is 11.0. The predicted molar refractivity (Wildman–Crippen MR) is 127 cm³/mol. The lowest BCUT2D eigenvalue weighted by molar-refractivity contribution is 0.0697. The summed E-state index contributed by atoms with van der Waals surface area (Å²) in [5.41, 5.74) is 3.43. The maximum atomic E-state index is 11.0. The van der Waals surface area contributed by atoms with Crippen molar-refractivity contribution in [1.82, 2.24) is 5.32 Å². The highest BCUT2D eigenvalue weighted by Gasteiger charge is 2.20. The van der Waals surface area contributed by atoms with Gasteiger partial charge in [0, 0.05) is 18.1 Å². The Morgan fingerprint density at radius 1 is 1.09 bits per heavy atom. The fourth-order valence-corrected chi connectivity index (χ4v) is 3.89. The van der Waals surface area contributed by atoms with Crippen molar-refractivity contribution in [1.29, 1.82) is 0 Å². The summed E-state index contributed by atoms with van der Waals surface area (Å²) in [7, 11) is 0. The molecular weight excluding hydrogens is 442 g/mol. The molecule has 7 heteroatoms. The van der Waals surface area contributed by atoms with Gasteiger partial charge in [0.25, 0.3) is 0 Å². The number of fused-ring (bicyclic) bond motifs is 1. The normalized spacial score (nSPS) is 15.9. The van der Waals surface area contributed by atoms with Gasteiger partial charge in [-0.3, -0.25) is 0 Å². The summed E-state index contributed by atoms with van der Waals surface area (Å²) >= 11 is 5.85. The van der Waals surface area contributed by atoms with Crippen LogP contribution in [0.5, 0.6) is 11.5 Å². The van der Waals surface area contributed by atoms with Crippen molar-refractivity contribution in [2.45, 2.75) is 25.0 Å². The van der Waals surface area contributed by atoms with Gasteiger partial charge in [-0.05, 0) is 78.1 Å². The molecule has 0 spiro atoms. The first-order chi connectivity index (χ1) is 16.0. The van der Waals surface area contributed by atoms with E-state index in [1.54, 1.807) is 36.4 Å². The number of aliphatic hydroxyl groups excluding tert-OH is 1. The summed E-state index contributed by atoms with van der Waals surface area (Å²) in [5, 5.41) is 23.1. The van der Waals surface area contributed by atoms with Crippen molar-refractivity contribution >= 4 is 17.6 Å². The van der Waals surface area contributed by atoms with Crippen LogP contribution in [0.15, 0.2) is 66.7 Å². The van der Waals surface area contributed by atoms with Gasteiger partial charge in [-0.15, -0.1) is 0 Å². The average molecular weight is 468 g/mol. The molecule has 0 aromatic heterocycles. The summed E-state index contributed by atoms with van der Waals surface area (Å²) in [6.45, 7) is 1.24. The minimum absolute atomic E-state index is 0.0302. The Morgan fingerprint density at radius 2 is 1.82 bits per heavy atom. The van der Waals surface area contributed by atoms with Gasteiger partial charge in [0.05, 0.1) is 5.56 Å². The summed E-state index contributed by atoms with van der Waals surface area (Å²) in [5.74, 6) is 0.607. The van der Waals surface area contributed by atoms with Crippen LogP contribution in [0.2, 0.25) is 5.02 Å². The second kappa shape index (κ2) is 10.7. The van der Waals surface area contributed by atoms with Crippen LogP contribution >= 0.6 is 11.6 Å². The Kier molecular flexibility index (Phi) is 7.50. The van der Waals surface area contributed by atoms with E-state index in [2.05, 4.69) is 11.4 Å². The summed E-state index contributed by atoms with van der Waals surface area (Å²) < 4.78 is 11.7. The topological polar surface area (TPSA) is 88.0 Å². The monoisotopic (exact) mass is 467 g/mol. The smallest absolute Gasteiger partial charge is 0.335 e. The lowest BCUT2D eigenvalue weighted by Gasteiger charge is -2.27. The van der Waals surface area contributed by atoms with E-state index in [4.69, 9.17) is 26.2 Å². The molecule has 33 heavy (non-hydrogen) atoms. The minimum atomic E-state index is -0.929. The number of hydrogen-bond acceptors (Lipinski definition) is 5. The molecule has 172 valence electrons. The number of aliphatic hydroxyl groups is 1. The fourth-order valence-electron chi connectivity index (χ4n) is 3.77. The maximum absolute atomic E-state index is 11.0. The van der Waals surface area contributed by atoms with Crippen molar-refractivity contribution in [2.24, 2.45) is 0 Å². The van der Waals surface area contributed by atoms with Gasteiger partial charge in [0.15, 0.2) is 0 Å². The zero-order chi connectivity index (χ0) is 23.2. The van der Waals surface area contributed by atoms with Crippen LogP contribution in [-0.4, -0.2) is 48.1 Å². The molecule has 2 atom stereocenters. The number of carboxylic acids is 1. The van der Waals surface area contributed by atoms with E-state index < -0.39 is 12.1 Å². The highest BCUT2D eigenvalue weighted by molar-refractivity contribution is 6.30. The molecule has 4 rings (SSSR count). The van der Waals surface area contributed by atoms with Crippen LogP contribution in [0, 0.1) is 0 Å². The fraction of sp³-hybridized carbons (Fsp3) is 0.269. The molecule has 0 aliphatic carbocycles. The van der Waals surface area contributed by atoms with Crippen LogP contribution < -0.4 is 14.8 Å². The van der Waals surface area contributed by atoms with E-state index in [1.165, 1.54) is 0 Å². The quantitative estimate of drug-likeness (QED) is 0.431. The van der Waals surface area contributed by atoms with Gasteiger partial charge in [0.1, 0.15) is 30.3 Å². The molecule has 1 aliphatic rings. The van der Waals surface area contributed by atoms with E-state index >= 15 is 0 Å². The number of nitrogens with one attached hydrogen (secondary N) is 1. The number of hydrogen-bond donors (Lipinski definition) is 3. The maximum Gasteiger partial charge on any atom is 0.335 e. The first-order valence-electron chi connectivity index (χ1n) is 10.9. The van der Waals surface area contributed by atoms with Crippen LogP contribution in [0.25, 0.3) is 11.1 Å². The number of carbonyl (C=O) groups is 1. The molecule has 6 nitrogen and oxygen atoms in total. The second-order valence-corrected chi connectivity index (χ2v) is 8.50. The number of halogens is 1. The van der Waals surface area contributed by atoms with Gasteiger partial charge in [-0.1, -0.05) is 29.8 Å². The molecule has 0 amide bonds. The number of rotatable bonds is 9. The van der Waals surface area contributed by atoms with Crippen LogP contribution in [0.3, 0.4) is 0 Å². The lowest BCUT2D eigenvalue weighted by atomic mass is 9.96. The van der Waals surface area contributed by atoms with Crippen molar-refractivity contribution in [3.8, 4) is 22.6 Å². The second-order valence-electron chi connectivity index (χ2n) is 8.06. The number of carboxylic acid groups (broad SMARTS) is 1. The Hall–Kier alpha value is -3.06. The molecule has 0 fully saturated rings. The standard InChI is InChI=1S/C26H26ClNO5/c27-21-7-10-23(11-8-21)32-16-22(29)14-28-15-24-9-5-20-13-19(6-12-25(20)33-24)17-1-3-18(4-2-17)26(30)31/h1-4,6-8,10-13,22,24,28-29H,5,9,14-16H2,(H,30,31)/t22?,24-/m1/s1. The summed E-state index contributed by atoms with van der Waals surface area (Å²) in [6.07, 6.45) is 1.17. The van der Waals surface area contributed by atoms with Gasteiger partial charge < -0.3 is 25.0 Å². The Bertz CT molecular complexity index is 1080. The third-order valence-corrected chi connectivity index (χ3v) is 5.81. The zero-order valence-electron chi connectivity index (χ0n) is 18.0. The van der Waals surface area contributed by atoms with Crippen LogP contribution in [0.1, 0.15) is 22.3 Å².